The molecule has 5 nitrogen and oxygen atoms in total. The van der Waals surface area contributed by atoms with E-state index in [1.165, 1.54) is 23.7 Å². The summed E-state index contributed by atoms with van der Waals surface area (Å²) in [7, 11) is -3.56. The number of hydrogen-bond acceptors (Lipinski definition) is 6. The minimum atomic E-state index is -3.56. The van der Waals surface area contributed by atoms with Crippen molar-refractivity contribution in [3.8, 4) is 0 Å². The molecule has 0 amide bonds. The van der Waals surface area contributed by atoms with Gasteiger partial charge in [-0.05, 0) is 24.6 Å². The van der Waals surface area contributed by atoms with Crippen LogP contribution in [-0.2, 0) is 15.3 Å². The first-order valence-corrected chi connectivity index (χ1v) is 9.75. The summed E-state index contributed by atoms with van der Waals surface area (Å²) in [6.45, 7) is 7.94. The van der Waals surface area contributed by atoms with Crippen LogP contribution in [0.1, 0.15) is 45.1 Å². The maximum atomic E-state index is 14.0. The van der Waals surface area contributed by atoms with Crippen LogP contribution in [0, 0.1) is 5.82 Å². The number of halogens is 1. The SMILES string of the molecule is CC(Nc1nc(C(C)(C)C)ns1)c1ccc(S(C)(=O)=O)c(F)c1. The molecule has 0 aliphatic rings. The Morgan fingerprint density at radius 3 is 2.43 bits per heavy atom. The fraction of sp³-hybridized carbons (Fsp3) is 0.467. The fourth-order valence-electron chi connectivity index (χ4n) is 1.94. The minimum absolute atomic E-state index is 0.136. The lowest BCUT2D eigenvalue weighted by molar-refractivity contribution is 0.555. The maximum absolute atomic E-state index is 14.0. The third-order valence-corrected chi connectivity index (χ3v) is 5.07. The van der Waals surface area contributed by atoms with Gasteiger partial charge in [0.15, 0.2) is 9.84 Å². The third-order valence-electron chi connectivity index (χ3n) is 3.29. The number of rotatable bonds is 4. The first kappa shape index (κ1) is 17.8. The van der Waals surface area contributed by atoms with Crippen molar-refractivity contribution >= 4 is 26.5 Å². The molecule has 0 saturated carbocycles. The average Bonchev–Trinajstić information content (AvgIpc) is 2.85. The van der Waals surface area contributed by atoms with Crippen molar-refractivity contribution in [1.29, 1.82) is 0 Å². The van der Waals surface area contributed by atoms with Gasteiger partial charge >= 0.3 is 0 Å². The molecule has 0 saturated heterocycles. The zero-order chi connectivity index (χ0) is 17.4. The second-order valence-corrected chi connectivity index (χ2v) is 9.24. The highest BCUT2D eigenvalue weighted by atomic mass is 32.2. The van der Waals surface area contributed by atoms with Crippen molar-refractivity contribution in [2.75, 3.05) is 11.6 Å². The Balaban J connectivity index is 2.20. The van der Waals surface area contributed by atoms with Gasteiger partial charge in [-0.1, -0.05) is 26.8 Å². The van der Waals surface area contributed by atoms with E-state index >= 15 is 0 Å². The standard InChI is InChI=1S/C15H20FN3O2S2/c1-9(17-14-18-13(19-22-14)15(2,3)4)10-6-7-12(11(16)8-10)23(5,20)21/h6-9H,1-5H3,(H,17,18,19). The van der Waals surface area contributed by atoms with Crippen LogP contribution >= 0.6 is 11.5 Å². The largest absolute Gasteiger partial charge is 0.354 e. The highest BCUT2D eigenvalue weighted by Crippen LogP contribution is 2.27. The Labute approximate surface area is 140 Å². The molecule has 126 valence electrons. The lowest BCUT2D eigenvalue weighted by Gasteiger charge is -2.15. The Morgan fingerprint density at radius 2 is 1.96 bits per heavy atom. The second kappa shape index (κ2) is 6.16. The monoisotopic (exact) mass is 357 g/mol. The molecule has 1 aromatic heterocycles. The van der Waals surface area contributed by atoms with E-state index in [4.69, 9.17) is 0 Å². The van der Waals surface area contributed by atoms with Crippen molar-refractivity contribution in [2.24, 2.45) is 0 Å². The topological polar surface area (TPSA) is 72.0 Å². The second-order valence-electron chi connectivity index (χ2n) is 6.50. The van der Waals surface area contributed by atoms with Crippen LogP contribution in [0.15, 0.2) is 23.1 Å². The average molecular weight is 357 g/mol. The van der Waals surface area contributed by atoms with Crippen LogP contribution < -0.4 is 5.32 Å². The van der Waals surface area contributed by atoms with Gasteiger partial charge in [0.05, 0.1) is 6.04 Å². The van der Waals surface area contributed by atoms with Crippen molar-refractivity contribution in [3.05, 3.63) is 35.4 Å². The molecule has 23 heavy (non-hydrogen) atoms. The summed E-state index contributed by atoms with van der Waals surface area (Å²) < 4.78 is 41.2. The number of sulfone groups is 1. The highest BCUT2D eigenvalue weighted by Gasteiger charge is 2.21. The van der Waals surface area contributed by atoms with Crippen LogP contribution in [-0.4, -0.2) is 24.0 Å². The molecule has 8 heteroatoms. The summed E-state index contributed by atoms with van der Waals surface area (Å²) >= 11 is 1.25. The van der Waals surface area contributed by atoms with Crippen molar-refractivity contribution < 1.29 is 12.8 Å². The van der Waals surface area contributed by atoms with E-state index in [2.05, 4.69) is 14.7 Å². The quantitative estimate of drug-likeness (QED) is 0.906. The smallest absolute Gasteiger partial charge is 0.203 e. The molecule has 0 fully saturated rings. The highest BCUT2D eigenvalue weighted by molar-refractivity contribution is 7.90. The Bertz CT molecular complexity index is 810. The van der Waals surface area contributed by atoms with Gasteiger partial charge in [0.25, 0.3) is 0 Å². The molecule has 1 aromatic carbocycles. The number of benzene rings is 1. The van der Waals surface area contributed by atoms with Gasteiger partial charge in [-0.3, -0.25) is 0 Å². The summed E-state index contributed by atoms with van der Waals surface area (Å²) in [6.07, 6.45) is 0.988. The summed E-state index contributed by atoms with van der Waals surface area (Å²) in [4.78, 5) is 4.14. The molecule has 0 aliphatic heterocycles. The first-order chi connectivity index (χ1) is 10.5. The first-order valence-electron chi connectivity index (χ1n) is 7.08. The molecule has 1 atom stereocenters. The molecule has 1 N–H and O–H groups in total. The fourth-order valence-corrected chi connectivity index (χ4v) is 3.52. The van der Waals surface area contributed by atoms with E-state index in [0.29, 0.717) is 10.7 Å². The summed E-state index contributed by atoms with van der Waals surface area (Å²) in [5.41, 5.74) is 0.505. The van der Waals surface area contributed by atoms with Gasteiger partial charge in [0.2, 0.25) is 5.13 Å². The van der Waals surface area contributed by atoms with E-state index < -0.39 is 15.7 Å². The number of aromatic nitrogens is 2. The maximum Gasteiger partial charge on any atom is 0.203 e. The van der Waals surface area contributed by atoms with E-state index in [-0.39, 0.29) is 16.4 Å². The van der Waals surface area contributed by atoms with Gasteiger partial charge in [-0.2, -0.15) is 4.37 Å². The predicted molar refractivity (Wildman–Crippen MR) is 90.2 cm³/mol. The molecular formula is C15H20FN3O2S2. The van der Waals surface area contributed by atoms with E-state index in [1.54, 1.807) is 6.07 Å². The van der Waals surface area contributed by atoms with Gasteiger partial charge in [0, 0.05) is 23.2 Å². The van der Waals surface area contributed by atoms with Gasteiger partial charge in [-0.25, -0.2) is 17.8 Å². The Morgan fingerprint density at radius 1 is 1.30 bits per heavy atom. The van der Waals surface area contributed by atoms with Crippen LogP contribution in [0.4, 0.5) is 9.52 Å². The lowest BCUT2D eigenvalue weighted by atomic mass is 9.96. The van der Waals surface area contributed by atoms with Gasteiger partial charge in [0.1, 0.15) is 16.5 Å². The van der Waals surface area contributed by atoms with Crippen molar-refractivity contribution in [1.82, 2.24) is 9.36 Å². The zero-order valence-electron chi connectivity index (χ0n) is 13.7. The molecule has 0 spiro atoms. The van der Waals surface area contributed by atoms with E-state index in [1.807, 2.05) is 27.7 Å². The van der Waals surface area contributed by atoms with Gasteiger partial charge < -0.3 is 5.32 Å². The van der Waals surface area contributed by atoms with Crippen LogP contribution in [0.2, 0.25) is 0 Å². The number of hydrogen-bond donors (Lipinski definition) is 1. The number of nitrogens with zero attached hydrogens (tertiary/aromatic N) is 2. The molecule has 2 rings (SSSR count). The van der Waals surface area contributed by atoms with Crippen LogP contribution in [0.5, 0.6) is 0 Å². The number of anilines is 1. The predicted octanol–water partition coefficient (Wildman–Crippen LogP) is 3.55. The summed E-state index contributed by atoms with van der Waals surface area (Å²) in [5.74, 6) is 0.00194. The molecule has 1 heterocycles. The van der Waals surface area contributed by atoms with Crippen LogP contribution in [0.25, 0.3) is 0 Å². The molecule has 0 bridgehead atoms. The lowest BCUT2D eigenvalue weighted by Crippen LogP contribution is -2.14. The van der Waals surface area contributed by atoms with Crippen molar-refractivity contribution in [3.63, 3.8) is 0 Å². The van der Waals surface area contributed by atoms with Crippen LogP contribution in [0.3, 0.4) is 0 Å². The third kappa shape index (κ3) is 4.26. The molecule has 1 unspecified atom stereocenters. The summed E-state index contributed by atoms with van der Waals surface area (Å²) in [5, 5.41) is 3.81. The summed E-state index contributed by atoms with van der Waals surface area (Å²) in [6, 6.07) is 3.90. The van der Waals surface area contributed by atoms with Gasteiger partial charge in [-0.15, -0.1) is 0 Å². The molecule has 0 aliphatic carbocycles. The number of nitrogens with one attached hydrogen (secondary N) is 1. The molecule has 2 aromatic rings. The normalized spacial score (nSPS) is 13.8. The Hall–Kier alpha value is -1.54. The zero-order valence-corrected chi connectivity index (χ0v) is 15.3. The minimum Gasteiger partial charge on any atom is -0.354 e. The van der Waals surface area contributed by atoms with E-state index in [0.717, 1.165) is 12.1 Å². The molecule has 0 radical (unpaired) electrons. The van der Waals surface area contributed by atoms with Crippen molar-refractivity contribution in [2.45, 2.75) is 44.0 Å². The van der Waals surface area contributed by atoms with E-state index in [9.17, 15) is 12.8 Å². The Kier molecular flexibility index (Phi) is 4.77. The molecular weight excluding hydrogens is 337 g/mol.